The van der Waals surface area contributed by atoms with E-state index in [1.165, 1.54) is 6.07 Å². The maximum Gasteiger partial charge on any atom is 0.142 e. The number of aryl methyl sites for hydroxylation is 1. The standard InChI is InChI=1S/C16H16ClFO2/c1-10-8-12(11(2)19)6-7-15(10)20-9-13-4-3-5-14(18)16(13)17/h3-8,11,19H,9H2,1-2H3/t11-/m0/s1. The Bertz CT molecular complexity index is 611. The van der Waals surface area contributed by atoms with Crippen LogP contribution in [0.5, 0.6) is 5.75 Å². The Labute approximate surface area is 122 Å². The molecule has 0 spiro atoms. The fourth-order valence-electron chi connectivity index (χ4n) is 1.91. The highest BCUT2D eigenvalue weighted by molar-refractivity contribution is 6.31. The van der Waals surface area contributed by atoms with E-state index in [4.69, 9.17) is 16.3 Å². The van der Waals surface area contributed by atoms with E-state index in [9.17, 15) is 9.50 Å². The highest BCUT2D eigenvalue weighted by Gasteiger charge is 2.08. The van der Waals surface area contributed by atoms with Gasteiger partial charge in [0.25, 0.3) is 0 Å². The first kappa shape index (κ1) is 14.8. The van der Waals surface area contributed by atoms with Crippen LogP contribution in [0.2, 0.25) is 5.02 Å². The van der Waals surface area contributed by atoms with Crippen molar-refractivity contribution < 1.29 is 14.2 Å². The van der Waals surface area contributed by atoms with Crippen molar-refractivity contribution >= 4 is 11.6 Å². The third kappa shape index (κ3) is 3.30. The molecule has 0 amide bonds. The molecule has 4 heteroatoms. The van der Waals surface area contributed by atoms with Gasteiger partial charge in [-0.2, -0.15) is 0 Å². The van der Waals surface area contributed by atoms with E-state index in [2.05, 4.69) is 0 Å². The molecule has 1 atom stereocenters. The van der Waals surface area contributed by atoms with Gasteiger partial charge in [-0.15, -0.1) is 0 Å². The van der Waals surface area contributed by atoms with Gasteiger partial charge in [-0.05, 0) is 43.2 Å². The van der Waals surface area contributed by atoms with Crippen LogP contribution in [0.3, 0.4) is 0 Å². The zero-order valence-corrected chi connectivity index (χ0v) is 12.1. The molecule has 0 fully saturated rings. The molecule has 0 aromatic heterocycles. The van der Waals surface area contributed by atoms with Gasteiger partial charge in [0, 0.05) is 5.56 Å². The van der Waals surface area contributed by atoms with Gasteiger partial charge in [0.1, 0.15) is 18.2 Å². The minimum Gasteiger partial charge on any atom is -0.489 e. The number of ether oxygens (including phenoxy) is 1. The first-order valence-electron chi connectivity index (χ1n) is 6.33. The van der Waals surface area contributed by atoms with Gasteiger partial charge in [0.05, 0.1) is 11.1 Å². The lowest BCUT2D eigenvalue weighted by atomic mass is 10.1. The first-order valence-corrected chi connectivity index (χ1v) is 6.71. The number of hydrogen-bond acceptors (Lipinski definition) is 2. The van der Waals surface area contributed by atoms with Crippen LogP contribution in [-0.4, -0.2) is 5.11 Å². The summed E-state index contributed by atoms with van der Waals surface area (Å²) >= 11 is 5.88. The van der Waals surface area contributed by atoms with Gasteiger partial charge in [0.2, 0.25) is 0 Å². The lowest BCUT2D eigenvalue weighted by Gasteiger charge is -2.12. The molecular weight excluding hydrogens is 279 g/mol. The van der Waals surface area contributed by atoms with Crippen molar-refractivity contribution in [1.82, 2.24) is 0 Å². The zero-order valence-electron chi connectivity index (χ0n) is 11.4. The molecule has 0 radical (unpaired) electrons. The van der Waals surface area contributed by atoms with Crippen LogP contribution < -0.4 is 4.74 Å². The van der Waals surface area contributed by atoms with Crippen LogP contribution in [0, 0.1) is 12.7 Å². The van der Waals surface area contributed by atoms with Gasteiger partial charge in [0.15, 0.2) is 0 Å². The minimum absolute atomic E-state index is 0.0887. The summed E-state index contributed by atoms with van der Waals surface area (Å²) in [7, 11) is 0. The predicted octanol–water partition coefficient (Wildman–Crippen LogP) is 4.42. The lowest BCUT2D eigenvalue weighted by molar-refractivity contribution is 0.199. The molecule has 0 saturated carbocycles. The SMILES string of the molecule is Cc1cc([C@H](C)O)ccc1OCc1cccc(F)c1Cl. The minimum atomic E-state index is -0.514. The van der Waals surface area contributed by atoms with Gasteiger partial charge < -0.3 is 9.84 Å². The maximum atomic E-state index is 13.3. The molecule has 0 aliphatic rings. The average molecular weight is 295 g/mol. The molecule has 1 N–H and O–H groups in total. The summed E-state index contributed by atoms with van der Waals surface area (Å²) in [6, 6.07) is 10.1. The molecule has 2 aromatic rings. The molecule has 2 nitrogen and oxygen atoms in total. The second-order valence-electron chi connectivity index (χ2n) is 4.70. The van der Waals surface area contributed by atoms with Crippen LogP contribution in [0.25, 0.3) is 0 Å². The van der Waals surface area contributed by atoms with E-state index in [1.54, 1.807) is 31.2 Å². The summed E-state index contributed by atoms with van der Waals surface area (Å²) in [5, 5.41) is 9.60. The summed E-state index contributed by atoms with van der Waals surface area (Å²) in [6.45, 7) is 3.81. The molecule has 2 aromatic carbocycles. The average Bonchev–Trinajstić information content (AvgIpc) is 2.41. The lowest BCUT2D eigenvalue weighted by Crippen LogP contribution is -2.00. The number of hydrogen-bond donors (Lipinski definition) is 1. The zero-order chi connectivity index (χ0) is 14.7. The normalized spacial score (nSPS) is 12.2. The van der Waals surface area contributed by atoms with Crippen LogP contribution in [-0.2, 0) is 6.61 Å². The summed E-state index contributed by atoms with van der Waals surface area (Å²) in [5.74, 6) is 0.240. The van der Waals surface area contributed by atoms with Crippen LogP contribution in [0.4, 0.5) is 4.39 Å². The Kier molecular flexibility index (Phi) is 4.63. The second kappa shape index (κ2) is 6.25. The van der Waals surface area contributed by atoms with E-state index < -0.39 is 11.9 Å². The van der Waals surface area contributed by atoms with E-state index in [1.807, 2.05) is 13.0 Å². The van der Waals surface area contributed by atoms with Crippen molar-refractivity contribution in [3.8, 4) is 5.75 Å². The monoisotopic (exact) mass is 294 g/mol. The van der Waals surface area contributed by atoms with Crippen molar-refractivity contribution in [1.29, 1.82) is 0 Å². The van der Waals surface area contributed by atoms with Crippen molar-refractivity contribution in [3.63, 3.8) is 0 Å². The topological polar surface area (TPSA) is 29.5 Å². The first-order chi connectivity index (χ1) is 9.49. The van der Waals surface area contributed by atoms with Gasteiger partial charge >= 0.3 is 0 Å². The third-order valence-electron chi connectivity index (χ3n) is 3.10. The number of benzene rings is 2. The van der Waals surface area contributed by atoms with Crippen molar-refractivity contribution in [3.05, 3.63) is 63.9 Å². The van der Waals surface area contributed by atoms with E-state index in [-0.39, 0.29) is 11.6 Å². The van der Waals surface area contributed by atoms with E-state index >= 15 is 0 Å². The predicted molar refractivity (Wildman–Crippen MR) is 77.6 cm³/mol. The van der Waals surface area contributed by atoms with E-state index in [0.29, 0.717) is 11.3 Å². The molecule has 0 aliphatic carbocycles. The molecule has 106 valence electrons. The third-order valence-corrected chi connectivity index (χ3v) is 3.52. The van der Waals surface area contributed by atoms with Crippen molar-refractivity contribution in [2.75, 3.05) is 0 Å². The highest BCUT2D eigenvalue weighted by Crippen LogP contribution is 2.25. The van der Waals surface area contributed by atoms with Crippen LogP contribution >= 0.6 is 11.6 Å². The van der Waals surface area contributed by atoms with Gasteiger partial charge in [-0.3, -0.25) is 0 Å². The molecule has 0 unspecified atom stereocenters. The summed E-state index contributed by atoms with van der Waals surface area (Å²) < 4.78 is 19.0. The van der Waals surface area contributed by atoms with Crippen molar-refractivity contribution in [2.45, 2.75) is 26.6 Å². The van der Waals surface area contributed by atoms with Gasteiger partial charge in [-0.25, -0.2) is 4.39 Å². The Morgan fingerprint density at radius 2 is 2.05 bits per heavy atom. The summed E-state index contributed by atoms with van der Waals surface area (Å²) in [5.41, 5.74) is 2.35. The smallest absolute Gasteiger partial charge is 0.142 e. The number of halogens is 2. The number of aliphatic hydroxyl groups is 1. The Morgan fingerprint density at radius 1 is 1.30 bits per heavy atom. The molecule has 20 heavy (non-hydrogen) atoms. The molecule has 0 aliphatic heterocycles. The van der Waals surface area contributed by atoms with E-state index in [0.717, 1.165) is 11.1 Å². The van der Waals surface area contributed by atoms with Crippen molar-refractivity contribution in [2.24, 2.45) is 0 Å². The second-order valence-corrected chi connectivity index (χ2v) is 5.08. The van der Waals surface area contributed by atoms with Gasteiger partial charge in [-0.1, -0.05) is 29.8 Å². The highest BCUT2D eigenvalue weighted by atomic mass is 35.5. The van der Waals surface area contributed by atoms with Crippen LogP contribution in [0.15, 0.2) is 36.4 Å². The largest absolute Gasteiger partial charge is 0.489 e. The summed E-state index contributed by atoms with van der Waals surface area (Å²) in [6.07, 6.45) is -0.514. The molecular formula is C16H16ClFO2. The fourth-order valence-corrected chi connectivity index (χ4v) is 2.09. The number of aliphatic hydroxyl groups excluding tert-OH is 1. The quantitative estimate of drug-likeness (QED) is 0.904. The maximum absolute atomic E-state index is 13.3. The Balaban J connectivity index is 2.13. The molecule has 2 rings (SSSR count). The Morgan fingerprint density at radius 3 is 2.70 bits per heavy atom. The Hall–Kier alpha value is -1.58. The fraction of sp³-hybridized carbons (Fsp3) is 0.250. The molecule has 0 bridgehead atoms. The molecule has 0 heterocycles. The van der Waals surface area contributed by atoms with Crippen LogP contribution in [0.1, 0.15) is 29.7 Å². The molecule has 0 saturated heterocycles. The number of rotatable bonds is 4. The summed E-state index contributed by atoms with van der Waals surface area (Å²) in [4.78, 5) is 0.